The molecule has 8 heteroatoms. The number of hydrogen-bond donors (Lipinski definition) is 2. The maximum absolute atomic E-state index is 11.9. The summed E-state index contributed by atoms with van der Waals surface area (Å²) in [6, 6.07) is 13.3. The number of H-pyrrole nitrogens is 1. The SMILES string of the molecule is CC(C(=O)OCN)C(=O)OCc1cccc(-c2ccc3n[nH]nc3c2)c1. The van der Waals surface area contributed by atoms with Crippen LogP contribution in [0, 0.1) is 5.92 Å². The first-order valence-electron chi connectivity index (χ1n) is 8.01. The number of carbonyl (C=O) groups excluding carboxylic acids is 2. The molecule has 0 spiro atoms. The molecule has 1 atom stereocenters. The van der Waals surface area contributed by atoms with Gasteiger partial charge in [-0.2, -0.15) is 15.4 Å². The monoisotopic (exact) mass is 354 g/mol. The van der Waals surface area contributed by atoms with Crippen molar-refractivity contribution in [2.45, 2.75) is 13.5 Å². The number of nitrogens with zero attached hydrogens (tertiary/aromatic N) is 2. The van der Waals surface area contributed by atoms with E-state index >= 15 is 0 Å². The van der Waals surface area contributed by atoms with Crippen molar-refractivity contribution in [3.63, 3.8) is 0 Å². The Hall–Kier alpha value is -3.26. The molecule has 1 aromatic heterocycles. The number of rotatable bonds is 6. The van der Waals surface area contributed by atoms with Crippen LogP contribution in [0.3, 0.4) is 0 Å². The number of carbonyl (C=O) groups is 2. The highest BCUT2D eigenvalue weighted by Gasteiger charge is 2.24. The summed E-state index contributed by atoms with van der Waals surface area (Å²) in [7, 11) is 0. The van der Waals surface area contributed by atoms with Crippen molar-refractivity contribution in [3.8, 4) is 11.1 Å². The molecule has 0 fully saturated rings. The summed E-state index contributed by atoms with van der Waals surface area (Å²) in [5.41, 5.74) is 9.42. The van der Waals surface area contributed by atoms with Crippen molar-refractivity contribution < 1.29 is 19.1 Å². The van der Waals surface area contributed by atoms with E-state index in [1.165, 1.54) is 6.92 Å². The minimum absolute atomic E-state index is 0.0547. The first kappa shape index (κ1) is 17.6. The topological polar surface area (TPSA) is 120 Å². The van der Waals surface area contributed by atoms with Gasteiger partial charge in [-0.05, 0) is 41.8 Å². The standard InChI is InChI=1S/C18H18N4O4/c1-11(18(24)26-10-19)17(23)25-9-12-3-2-4-13(7-12)14-5-6-15-16(8-14)21-22-20-15/h2-8,11H,9-10,19H2,1H3,(H,20,21,22). The second-order valence-electron chi connectivity index (χ2n) is 5.69. The van der Waals surface area contributed by atoms with Crippen molar-refractivity contribution in [3.05, 3.63) is 48.0 Å². The molecular formula is C18H18N4O4. The molecule has 3 aromatic rings. The van der Waals surface area contributed by atoms with Gasteiger partial charge in [-0.3, -0.25) is 15.3 Å². The fourth-order valence-electron chi connectivity index (χ4n) is 2.44. The lowest BCUT2D eigenvalue weighted by Crippen LogP contribution is -2.27. The Kier molecular flexibility index (Phi) is 5.23. The van der Waals surface area contributed by atoms with E-state index in [2.05, 4.69) is 20.1 Å². The van der Waals surface area contributed by atoms with Crippen molar-refractivity contribution in [2.24, 2.45) is 11.7 Å². The van der Waals surface area contributed by atoms with Crippen LogP contribution in [0.1, 0.15) is 12.5 Å². The summed E-state index contributed by atoms with van der Waals surface area (Å²) in [6.45, 7) is 1.21. The van der Waals surface area contributed by atoms with Crippen LogP contribution in [0.25, 0.3) is 22.2 Å². The maximum atomic E-state index is 11.9. The van der Waals surface area contributed by atoms with Crippen molar-refractivity contribution in [1.29, 1.82) is 0 Å². The molecule has 3 rings (SSSR count). The van der Waals surface area contributed by atoms with Crippen LogP contribution in [0.2, 0.25) is 0 Å². The van der Waals surface area contributed by atoms with Gasteiger partial charge in [-0.25, -0.2) is 0 Å². The Morgan fingerprint density at radius 1 is 1.04 bits per heavy atom. The molecule has 134 valence electrons. The van der Waals surface area contributed by atoms with Gasteiger partial charge in [0, 0.05) is 0 Å². The Morgan fingerprint density at radius 2 is 1.77 bits per heavy atom. The van der Waals surface area contributed by atoms with E-state index in [0.717, 1.165) is 27.7 Å². The summed E-state index contributed by atoms with van der Waals surface area (Å²) in [4.78, 5) is 23.4. The predicted octanol–water partition coefficient (Wildman–Crippen LogP) is 1.76. The molecule has 26 heavy (non-hydrogen) atoms. The molecule has 0 saturated heterocycles. The van der Waals surface area contributed by atoms with Crippen LogP contribution >= 0.6 is 0 Å². The fourth-order valence-corrected chi connectivity index (χ4v) is 2.44. The average molecular weight is 354 g/mol. The molecule has 0 radical (unpaired) electrons. The number of benzene rings is 2. The molecule has 0 amide bonds. The van der Waals surface area contributed by atoms with E-state index in [1.807, 2.05) is 42.5 Å². The Bertz CT molecular complexity index is 938. The largest absolute Gasteiger partial charge is 0.460 e. The number of nitrogens with two attached hydrogens (primary N) is 1. The number of hydrogen-bond acceptors (Lipinski definition) is 7. The second-order valence-corrected chi connectivity index (χ2v) is 5.69. The molecule has 0 saturated carbocycles. The molecule has 1 unspecified atom stereocenters. The summed E-state index contributed by atoms with van der Waals surface area (Å²) in [6.07, 6.45) is 0. The first-order valence-corrected chi connectivity index (χ1v) is 8.01. The van der Waals surface area contributed by atoms with E-state index in [1.54, 1.807) is 0 Å². The third kappa shape index (κ3) is 3.86. The zero-order valence-corrected chi connectivity index (χ0v) is 14.1. The number of nitrogens with one attached hydrogen (secondary N) is 1. The fraction of sp³-hybridized carbons (Fsp3) is 0.222. The summed E-state index contributed by atoms with van der Waals surface area (Å²) >= 11 is 0. The van der Waals surface area contributed by atoms with Crippen LogP contribution in [0.4, 0.5) is 0 Å². The van der Waals surface area contributed by atoms with Gasteiger partial charge in [-0.15, -0.1) is 0 Å². The Labute approximate surface area is 149 Å². The number of aromatic nitrogens is 3. The van der Waals surface area contributed by atoms with Crippen molar-refractivity contribution in [2.75, 3.05) is 6.73 Å². The number of fused-ring (bicyclic) bond motifs is 1. The first-order chi connectivity index (χ1) is 12.6. The quantitative estimate of drug-likeness (QED) is 0.393. The highest BCUT2D eigenvalue weighted by molar-refractivity contribution is 5.94. The van der Waals surface area contributed by atoms with E-state index < -0.39 is 17.9 Å². The Balaban J connectivity index is 1.69. The summed E-state index contributed by atoms with van der Waals surface area (Å²) < 4.78 is 9.80. The van der Waals surface area contributed by atoms with Crippen LogP contribution in [0.5, 0.6) is 0 Å². The van der Waals surface area contributed by atoms with Gasteiger partial charge >= 0.3 is 11.9 Å². The van der Waals surface area contributed by atoms with Gasteiger partial charge in [0.15, 0.2) is 5.92 Å². The minimum atomic E-state index is -1.02. The van der Waals surface area contributed by atoms with Crippen molar-refractivity contribution >= 4 is 23.0 Å². The van der Waals surface area contributed by atoms with E-state index in [0.29, 0.717) is 0 Å². The molecule has 8 nitrogen and oxygen atoms in total. The highest BCUT2D eigenvalue weighted by atomic mass is 16.6. The van der Waals surface area contributed by atoms with Gasteiger partial charge in [0.25, 0.3) is 0 Å². The van der Waals surface area contributed by atoms with Gasteiger partial charge in [0.05, 0.1) is 0 Å². The highest BCUT2D eigenvalue weighted by Crippen LogP contribution is 2.23. The number of esters is 2. The Morgan fingerprint density at radius 3 is 2.58 bits per heavy atom. The van der Waals surface area contributed by atoms with Crippen LogP contribution < -0.4 is 5.73 Å². The van der Waals surface area contributed by atoms with Gasteiger partial charge in [0.1, 0.15) is 24.4 Å². The summed E-state index contributed by atoms with van der Waals surface area (Å²) in [5.74, 6) is -2.37. The van der Waals surface area contributed by atoms with Gasteiger partial charge in [-0.1, -0.05) is 24.3 Å². The van der Waals surface area contributed by atoms with Crippen LogP contribution in [0.15, 0.2) is 42.5 Å². The van der Waals surface area contributed by atoms with E-state index in [-0.39, 0.29) is 13.3 Å². The third-order valence-electron chi connectivity index (χ3n) is 3.89. The normalized spacial score (nSPS) is 11.9. The average Bonchev–Trinajstić information content (AvgIpc) is 3.13. The zero-order chi connectivity index (χ0) is 18.5. The molecule has 0 aliphatic rings. The molecule has 0 aliphatic carbocycles. The zero-order valence-electron chi connectivity index (χ0n) is 14.1. The minimum Gasteiger partial charge on any atom is -0.460 e. The molecular weight excluding hydrogens is 336 g/mol. The van der Waals surface area contributed by atoms with Crippen LogP contribution in [-0.2, 0) is 25.7 Å². The lowest BCUT2D eigenvalue weighted by molar-refractivity contribution is -0.161. The smallest absolute Gasteiger partial charge is 0.321 e. The second kappa shape index (κ2) is 7.75. The van der Waals surface area contributed by atoms with Crippen molar-refractivity contribution in [1.82, 2.24) is 15.4 Å². The molecule has 1 heterocycles. The van der Waals surface area contributed by atoms with E-state index in [4.69, 9.17) is 10.5 Å². The summed E-state index contributed by atoms with van der Waals surface area (Å²) in [5, 5.41) is 10.7. The third-order valence-corrected chi connectivity index (χ3v) is 3.89. The lowest BCUT2D eigenvalue weighted by Gasteiger charge is -2.11. The van der Waals surface area contributed by atoms with E-state index in [9.17, 15) is 9.59 Å². The van der Waals surface area contributed by atoms with Gasteiger partial charge < -0.3 is 9.47 Å². The maximum Gasteiger partial charge on any atom is 0.321 e. The number of aromatic amines is 1. The predicted molar refractivity (Wildman–Crippen MR) is 93.4 cm³/mol. The van der Waals surface area contributed by atoms with Crippen LogP contribution in [-0.4, -0.2) is 34.1 Å². The lowest BCUT2D eigenvalue weighted by atomic mass is 10.0. The molecule has 0 bridgehead atoms. The molecule has 0 aliphatic heterocycles. The number of ether oxygens (including phenoxy) is 2. The molecule has 2 aromatic carbocycles. The molecule has 3 N–H and O–H groups in total. The van der Waals surface area contributed by atoms with Gasteiger partial charge in [0.2, 0.25) is 0 Å².